The van der Waals surface area contributed by atoms with Crippen molar-refractivity contribution in [2.75, 3.05) is 26.1 Å². The lowest BCUT2D eigenvalue weighted by atomic mass is 9.99. The summed E-state index contributed by atoms with van der Waals surface area (Å²) in [6, 6.07) is 14.8. The van der Waals surface area contributed by atoms with E-state index in [0.29, 0.717) is 35.8 Å². The van der Waals surface area contributed by atoms with Crippen molar-refractivity contribution >= 4 is 11.7 Å². The number of amides is 2. The molecule has 2 aromatic carbocycles. The van der Waals surface area contributed by atoms with Crippen molar-refractivity contribution in [2.45, 2.75) is 12.6 Å². The Labute approximate surface area is 168 Å². The summed E-state index contributed by atoms with van der Waals surface area (Å²) >= 11 is 0. The van der Waals surface area contributed by atoms with Gasteiger partial charge in [-0.1, -0.05) is 24.3 Å². The molecule has 1 aliphatic heterocycles. The predicted octanol–water partition coefficient (Wildman–Crippen LogP) is 4.28. The first-order chi connectivity index (χ1) is 14.1. The number of anilines is 1. The largest absolute Gasteiger partial charge is 0.493 e. The van der Waals surface area contributed by atoms with Crippen molar-refractivity contribution in [3.05, 3.63) is 77.9 Å². The third kappa shape index (κ3) is 3.40. The maximum Gasteiger partial charge on any atom is 0.322 e. The van der Waals surface area contributed by atoms with Gasteiger partial charge in [0.05, 0.1) is 19.9 Å². The van der Waals surface area contributed by atoms with Gasteiger partial charge in [-0.25, -0.2) is 9.18 Å². The van der Waals surface area contributed by atoms with E-state index in [4.69, 9.17) is 9.47 Å². The fourth-order valence-corrected chi connectivity index (χ4v) is 3.80. The van der Waals surface area contributed by atoms with Gasteiger partial charge in [0, 0.05) is 30.5 Å². The third-order valence-corrected chi connectivity index (χ3v) is 5.14. The lowest BCUT2D eigenvalue weighted by molar-refractivity contribution is 0.180. The highest BCUT2D eigenvalue weighted by Crippen LogP contribution is 2.37. The third-order valence-electron chi connectivity index (χ3n) is 5.14. The van der Waals surface area contributed by atoms with Crippen LogP contribution in [0.5, 0.6) is 11.5 Å². The van der Waals surface area contributed by atoms with E-state index in [1.165, 1.54) is 20.3 Å². The zero-order valence-corrected chi connectivity index (χ0v) is 16.3. The number of rotatable bonds is 4. The number of methoxy groups -OCH3 is 2. The Morgan fingerprint density at radius 3 is 2.62 bits per heavy atom. The lowest BCUT2D eigenvalue weighted by Crippen LogP contribution is -2.44. The van der Waals surface area contributed by atoms with Crippen LogP contribution in [0.2, 0.25) is 0 Å². The summed E-state index contributed by atoms with van der Waals surface area (Å²) in [5.41, 5.74) is 1.82. The standard InChI is InChI=1S/C22H22FN3O3/c1-28-19-11-5-9-17(21(19)29-2)24-22(27)26-14-13-25-12-6-10-18(25)20(26)15-7-3-4-8-16(15)23/h3-12,20H,13-14H2,1-2H3,(H,24,27). The summed E-state index contributed by atoms with van der Waals surface area (Å²) in [6.07, 6.45) is 1.95. The number of hydrogen-bond donors (Lipinski definition) is 1. The minimum absolute atomic E-state index is 0.336. The van der Waals surface area contributed by atoms with E-state index in [1.54, 1.807) is 41.3 Å². The molecule has 0 fully saturated rings. The highest BCUT2D eigenvalue weighted by atomic mass is 19.1. The Hall–Kier alpha value is -3.48. The number of aromatic nitrogens is 1. The molecular weight excluding hydrogens is 373 g/mol. The number of urea groups is 1. The Balaban J connectivity index is 1.70. The smallest absolute Gasteiger partial charge is 0.322 e. The van der Waals surface area contributed by atoms with Gasteiger partial charge < -0.3 is 24.3 Å². The van der Waals surface area contributed by atoms with Crippen molar-refractivity contribution < 1.29 is 18.7 Å². The van der Waals surface area contributed by atoms with E-state index in [1.807, 2.05) is 22.9 Å². The molecule has 1 aliphatic rings. The van der Waals surface area contributed by atoms with Crippen molar-refractivity contribution in [3.63, 3.8) is 0 Å². The van der Waals surface area contributed by atoms with Gasteiger partial charge in [-0.2, -0.15) is 0 Å². The maximum atomic E-state index is 14.7. The molecule has 0 bridgehead atoms. The Kier molecular flexibility index (Phi) is 5.12. The minimum atomic E-state index is -0.531. The molecule has 4 rings (SSSR count). The van der Waals surface area contributed by atoms with Gasteiger partial charge in [0.15, 0.2) is 11.5 Å². The van der Waals surface area contributed by atoms with Crippen LogP contribution in [0, 0.1) is 5.82 Å². The van der Waals surface area contributed by atoms with Crippen molar-refractivity contribution in [2.24, 2.45) is 0 Å². The summed E-state index contributed by atoms with van der Waals surface area (Å²) in [7, 11) is 3.06. The molecule has 3 aromatic rings. The number of nitrogens with one attached hydrogen (secondary N) is 1. The first kappa shape index (κ1) is 18.9. The lowest BCUT2D eigenvalue weighted by Gasteiger charge is -2.37. The van der Waals surface area contributed by atoms with Gasteiger partial charge >= 0.3 is 6.03 Å². The van der Waals surface area contributed by atoms with Gasteiger partial charge in [-0.05, 0) is 30.3 Å². The molecule has 29 heavy (non-hydrogen) atoms. The zero-order chi connectivity index (χ0) is 20.4. The first-order valence-electron chi connectivity index (χ1n) is 9.32. The van der Waals surface area contributed by atoms with Crippen LogP contribution in [-0.2, 0) is 6.54 Å². The number of ether oxygens (including phenoxy) is 2. The van der Waals surface area contributed by atoms with E-state index in [2.05, 4.69) is 5.32 Å². The monoisotopic (exact) mass is 395 g/mol. The highest BCUT2D eigenvalue weighted by molar-refractivity contribution is 5.92. The van der Waals surface area contributed by atoms with Crippen LogP contribution in [-0.4, -0.2) is 36.3 Å². The van der Waals surface area contributed by atoms with E-state index in [9.17, 15) is 9.18 Å². The van der Waals surface area contributed by atoms with Crippen LogP contribution in [0.25, 0.3) is 0 Å². The first-order valence-corrected chi connectivity index (χ1v) is 9.32. The SMILES string of the molecule is COc1cccc(NC(=O)N2CCn3cccc3C2c2ccccc2F)c1OC. The summed E-state index contributed by atoms with van der Waals surface area (Å²) in [5.74, 6) is 0.610. The molecule has 0 aliphatic carbocycles. The molecule has 2 heterocycles. The fourth-order valence-electron chi connectivity index (χ4n) is 3.80. The molecule has 1 N–H and O–H groups in total. The van der Waals surface area contributed by atoms with Crippen LogP contribution in [0.15, 0.2) is 60.8 Å². The van der Waals surface area contributed by atoms with E-state index < -0.39 is 6.04 Å². The average Bonchev–Trinajstić information content (AvgIpc) is 3.22. The minimum Gasteiger partial charge on any atom is -0.493 e. The number of para-hydroxylation sites is 1. The molecule has 0 saturated heterocycles. The quantitative estimate of drug-likeness (QED) is 0.717. The summed E-state index contributed by atoms with van der Waals surface area (Å²) in [5, 5.41) is 2.90. The molecule has 0 radical (unpaired) electrons. The Morgan fingerprint density at radius 2 is 1.86 bits per heavy atom. The summed E-state index contributed by atoms with van der Waals surface area (Å²) in [4.78, 5) is 14.9. The topological polar surface area (TPSA) is 55.7 Å². The Bertz CT molecular complexity index is 1030. The van der Waals surface area contributed by atoms with Crippen LogP contribution in [0.3, 0.4) is 0 Å². The van der Waals surface area contributed by atoms with Gasteiger partial charge in [-0.15, -0.1) is 0 Å². The van der Waals surface area contributed by atoms with Crippen molar-refractivity contribution in [3.8, 4) is 11.5 Å². The molecule has 1 aromatic heterocycles. The van der Waals surface area contributed by atoms with Gasteiger partial charge in [-0.3, -0.25) is 0 Å². The van der Waals surface area contributed by atoms with E-state index in [-0.39, 0.29) is 11.8 Å². The second kappa shape index (κ2) is 7.87. The molecule has 7 heteroatoms. The number of carbonyl (C=O) groups is 1. The van der Waals surface area contributed by atoms with Gasteiger partial charge in [0.25, 0.3) is 0 Å². The molecule has 1 atom stereocenters. The molecule has 1 unspecified atom stereocenters. The highest BCUT2D eigenvalue weighted by Gasteiger charge is 2.34. The van der Waals surface area contributed by atoms with Crippen LogP contribution in [0.1, 0.15) is 17.3 Å². The average molecular weight is 395 g/mol. The summed E-state index contributed by atoms with van der Waals surface area (Å²) < 4.78 is 27.4. The zero-order valence-electron chi connectivity index (χ0n) is 16.3. The summed E-state index contributed by atoms with van der Waals surface area (Å²) in [6.45, 7) is 1.08. The van der Waals surface area contributed by atoms with Gasteiger partial charge in [0.2, 0.25) is 0 Å². The number of carbonyl (C=O) groups excluding carboxylic acids is 1. The molecule has 150 valence electrons. The molecule has 6 nitrogen and oxygen atoms in total. The molecular formula is C22H22FN3O3. The van der Waals surface area contributed by atoms with Crippen molar-refractivity contribution in [1.82, 2.24) is 9.47 Å². The van der Waals surface area contributed by atoms with Crippen LogP contribution in [0.4, 0.5) is 14.9 Å². The van der Waals surface area contributed by atoms with Crippen LogP contribution < -0.4 is 14.8 Å². The number of halogens is 1. The van der Waals surface area contributed by atoms with Gasteiger partial charge in [0.1, 0.15) is 11.9 Å². The second-order valence-electron chi connectivity index (χ2n) is 6.72. The maximum absolute atomic E-state index is 14.7. The van der Waals surface area contributed by atoms with Crippen molar-refractivity contribution in [1.29, 1.82) is 0 Å². The second-order valence-corrected chi connectivity index (χ2v) is 6.72. The number of nitrogens with zero attached hydrogens (tertiary/aromatic N) is 2. The Morgan fingerprint density at radius 1 is 1.03 bits per heavy atom. The molecule has 2 amide bonds. The molecule has 0 saturated carbocycles. The number of fused-ring (bicyclic) bond motifs is 1. The van der Waals surface area contributed by atoms with Crippen LogP contribution >= 0.6 is 0 Å². The predicted molar refractivity (Wildman–Crippen MR) is 108 cm³/mol. The number of hydrogen-bond acceptors (Lipinski definition) is 3. The number of benzene rings is 2. The van der Waals surface area contributed by atoms with E-state index >= 15 is 0 Å². The van der Waals surface area contributed by atoms with E-state index in [0.717, 1.165) is 5.69 Å². The fraction of sp³-hybridized carbons (Fsp3) is 0.227. The molecule has 0 spiro atoms. The normalized spacial score (nSPS) is 15.6.